The van der Waals surface area contributed by atoms with E-state index in [1.54, 1.807) is 16.4 Å². The molecule has 0 N–H and O–H groups in total. The van der Waals surface area contributed by atoms with Crippen molar-refractivity contribution in [3.8, 4) is 5.69 Å². The Hall–Kier alpha value is -1.53. The van der Waals surface area contributed by atoms with Crippen molar-refractivity contribution < 1.29 is 0 Å². The molecule has 1 aromatic carbocycles. The number of hydrogen-bond acceptors (Lipinski definition) is 4. The minimum atomic E-state index is 0.249. The van der Waals surface area contributed by atoms with Gasteiger partial charge in [0.1, 0.15) is 5.69 Å². The Kier molecular flexibility index (Phi) is 4.69. The molecule has 5 nitrogen and oxygen atoms in total. The van der Waals surface area contributed by atoms with E-state index >= 15 is 0 Å². The first-order valence-corrected chi connectivity index (χ1v) is 8.79. The van der Waals surface area contributed by atoms with Crippen LogP contribution in [0, 0.1) is 0 Å². The van der Waals surface area contributed by atoms with Crippen molar-refractivity contribution in [1.29, 1.82) is 0 Å². The van der Waals surface area contributed by atoms with Gasteiger partial charge in [-0.2, -0.15) is 0 Å². The topological polar surface area (TPSA) is 46.3 Å². The molecule has 22 heavy (non-hydrogen) atoms. The molecule has 1 aromatic heterocycles. The van der Waals surface area contributed by atoms with Crippen LogP contribution in [0.25, 0.3) is 5.69 Å². The molecule has 0 unspecified atom stereocenters. The van der Waals surface area contributed by atoms with Crippen LogP contribution in [0.5, 0.6) is 0 Å². The van der Waals surface area contributed by atoms with Crippen LogP contribution in [0.1, 0.15) is 24.6 Å². The number of nitrogens with zero attached hydrogens (tertiary/aromatic N) is 5. The lowest BCUT2D eigenvalue weighted by Gasteiger charge is -2.24. The highest BCUT2D eigenvalue weighted by molar-refractivity contribution is 8.13. The van der Waals surface area contributed by atoms with E-state index in [-0.39, 0.29) is 6.04 Å². The Morgan fingerprint density at radius 2 is 2.32 bits per heavy atom. The van der Waals surface area contributed by atoms with Crippen LogP contribution >= 0.6 is 23.4 Å². The van der Waals surface area contributed by atoms with Crippen LogP contribution < -0.4 is 0 Å². The second kappa shape index (κ2) is 6.71. The molecule has 1 atom stereocenters. The van der Waals surface area contributed by atoms with E-state index in [9.17, 15) is 0 Å². The normalized spacial score (nSPS) is 19.0. The van der Waals surface area contributed by atoms with Crippen molar-refractivity contribution in [3.05, 3.63) is 41.2 Å². The van der Waals surface area contributed by atoms with E-state index in [2.05, 4.69) is 26.5 Å². The van der Waals surface area contributed by atoms with Gasteiger partial charge in [0.25, 0.3) is 0 Å². The molecule has 1 aliphatic rings. The Morgan fingerprint density at radius 1 is 1.45 bits per heavy atom. The molecular formula is C15H18ClN5S. The van der Waals surface area contributed by atoms with Crippen LogP contribution in [0.2, 0.25) is 5.02 Å². The van der Waals surface area contributed by atoms with Gasteiger partial charge in [-0.15, -0.1) is 5.10 Å². The van der Waals surface area contributed by atoms with Gasteiger partial charge in [-0.05, 0) is 37.3 Å². The lowest BCUT2D eigenvalue weighted by molar-refractivity contribution is 0.399. The second-order valence-electron chi connectivity index (χ2n) is 5.13. The third-order valence-corrected chi connectivity index (χ3v) is 4.81. The summed E-state index contributed by atoms with van der Waals surface area (Å²) >= 11 is 7.72. The van der Waals surface area contributed by atoms with E-state index in [4.69, 9.17) is 11.6 Å². The fourth-order valence-corrected chi connectivity index (χ4v) is 3.63. The monoisotopic (exact) mass is 335 g/mol. The molecule has 2 heterocycles. The zero-order valence-electron chi connectivity index (χ0n) is 12.6. The predicted molar refractivity (Wildman–Crippen MR) is 91.9 cm³/mol. The number of aromatic nitrogens is 3. The zero-order valence-corrected chi connectivity index (χ0v) is 14.2. The number of thioether (sulfide) groups is 1. The second-order valence-corrected chi connectivity index (χ2v) is 6.34. The maximum absolute atomic E-state index is 6.04. The molecular weight excluding hydrogens is 318 g/mol. The molecule has 0 aliphatic carbocycles. The highest BCUT2D eigenvalue weighted by Crippen LogP contribution is 2.33. The number of amidine groups is 1. The van der Waals surface area contributed by atoms with Gasteiger partial charge < -0.3 is 4.90 Å². The highest BCUT2D eigenvalue weighted by atomic mass is 35.5. The third-order valence-electron chi connectivity index (χ3n) is 3.80. The number of benzene rings is 1. The third kappa shape index (κ3) is 2.98. The van der Waals surface area contributed by atoms with Gasteiger partial charge in [0.05, 0.1) is 17.9 Å². The summed E-state index contributed by atoms with van der Waals surface area (Å²) in [4.78, 5) is 6.69. The Morgan fingerprint density at radius 3 is 3.05 bits per heavy atom. The highest BCUT2D eigenvalue weighted by Gasteiger charge is 2.30. The lowest BCUT2D eigenvalue weighted by Crippen LogP contribution is -2.28. The van der Waals surface area contributed by atoms with E-state index in [0.717, 1.165) is 35.9 Å². The number of likely N-dealkylation sites (tertiary alicyclic amines) is 1. The van der Waals surface area contributed by atoms with Crippen LogP contribution in [0.15, 0.2) is 35.5 Å². The maximum Gasteiger partial charge on any atom is 0.159 e. The molecule has 1 saturated heterocycles. The molecule has 0 amide bonds. The molecule has 7 heteroatoms. The van der Waals surface area contributed by atoms with Crippen LogP contribution in [0.3, 0.4) is 0 Å². The molecule has 2 aromatic rings. The van der Waals surface area contributed by atoms with Crippen molar-refractivity contribution in [2.75, 3.05) is 19.8 Å². The zero-order chi connectivity index (χ0) is 15.5. The number of rotatable bonds is 2. The fourth-order valence-electron chi connectivity index (χ4n) is 2.81. The first-order chi connectivity index (χ1) is 10.7. The molecule has 0 saturated carbocycles. The molecule has 0 radical (unpaired) electrons. The molecule has 1 fully saturated rings. The lowest BCUT2D eigenvalue weighted by atomic mass is 10.2. The average molecular weight is 336 g/mol. The Bertz CT molecular complexity index is 684. The SMILES string of the molecule is CN=C(SC)N1CCC[C@@H]1c1cn(-c2cccc(Cl)c2)nn1. The van der Waals surface area contributed by atoms with Gasteiger partial charge in [0.2, 0.25) is 0 Å². The molecule has 116 valence electrons. The summed E-state index contributed by atoms with van der Waals surface area (Å²) < 4.78 is 1.78. The van der Waals surface area contributed by atoms with Crippen molar-refractivity contribution >= 4 is 28.5 Å². The van der Waals surface area contributed by atoms with Gasteiger partial charge in [-0.1, -0.05) is 34.6 Å². The molecule has 0 bridgehead atoms. The summed E-state index contributed by atoms with van der Waals surface area (Å²) in [5, 5.41) is 10.4. The number of halogens is 1. The summed E-state index contributed by atoms with van der Waals surface area (Å²) in [6.45, 7) is 1.02. The van der Waals surface area contributed by atoms with Gasteiger partial charge >= 0.3 is 0 Å². The fraction of sp³-hybridized carbons (Fsp3) is 0.400. The maximum atomic E-state index is 6.04. The van der Waals surface area contributed by atoms with Crippen molar-refractivity contribution in [2.45, 2.75) is 18.9 Å². The molecule has 3 rings (SSSR count). The van der Waals surface area contributed by atoms with Gasteiger partial charge in [-0.3, -0.25) is 4.99 Å². The van der Waals surface area contributed by atoms with Gasteiger partial charge in [0, 0.05) is 18.6 Å². The summed E-state index contributed by atoms with van der Waals surface area (Å²) in [5.41, 5.74) is 1.90. The molecule has 0 spiro atoms. The minimum Gasteiger partial charge on any atom is -0.343 e. The Balaban J connectivity index is 1.87. The van der Waals surface area contributed by atoms with Crippen molar-refractivity contribution in [2.24, 2.45) is 4.99 Å². The quantitative estimate of drug-likeness (QED) is 0.623. The van der Waals surface area contributed by atoms with E-state index < -0.39 is 0 Å². The van der Waals surface area contributed by atoms with E-state index in [1.165, 1.54) is 0 Å². The predicted octanol–water partition coefficient (Wildman–Crippen LogP) is 3.41. The summed E-state index contributed by atoms with van der Waals surface area (Å²) in [7, 11) is 1.84. The summed E-state index contributed by atoms with van der Waals surface area (Å²) in [6.07, 6.45) is 6.27. The van der Waals surface area contributed by atoms with Crippen molar-refractivity contribution in [3.63, 3.8) is 0 Å². The summed E-state index contributed by atoms with van der Waals surface area (Å²) in [6, 6.07) is 7.87. The minimum absolute atomic E-state index is 0.249. The summed E-state index contributed by atoms with van der Waals surface area (Å²) in [5.74, 6) is 0. The number of aliphatic imine (C=N–C) groups is 1. The smallest absolute Gasteiger partial charge is 0.159 e. The van der Waals surface area contributed by atoms with Gasteiger partial charge in [-0.25, -0.2) is 4.68 Å². The average Bonchev–Trinajstić information content (AvgIpc) is 3.17. The van der Waals surface area contributed by atoms with Crippen LogP contribution in [0.4, 0.5) is 0 Å². The first kappa shape index (κ1) is 15.4. The standard InChI is InChI=1S/C15H18ClN5S/c1-17-15(22-2)20-8-4-7-14(20)13-10-21(19-18-13)12-6-3-5-11(16)9-12/h3,5-6,9-10,14H,4,7-8H2,1-2H3/t14-/m1/s1. The van der Waals surface area contributed by atoms with Crippen molar-refractivity contribution in [1.82, 2.24) is 19.9 Å². The molecule has 1 aliphatic heterocycles. The van der Waals surface area contributed by atoms with Gasteiger partial charge in [0.15, 0.2) is 5.17 Å². The van der Waals surface area contributed by atoms with Crippen LogP contribution in [-0.4, -0.2) is 44.9 Å². The van der Waals surface area contributed by atoms with Crippen LogP contribution in [-0.2, 0) is 0 Å². The largest absolute Gasteiger partial charge is 0.343 e. The van der Waals surface area contributed by atoms with E-state index in [1.807, 2.05) is 37.5 Å². The Labute approximate surface area is 139 Å². The van der Waals surface area contributed by atoms with E-state index in [0.29, 0.717) is 5.02 Å². The first-order valence-electron chi connectivity index (χ1n) is 7.18. The number of hydrogen-bond donors (Lipinski definition) is 0.